The smallest absolute Gasteiger partial charge is 0.339 e. The van der Waals surface area contributed by atoms with Crippen molar-refractivity contribution in [2.45, 2.75) is 19.8 Å². The van der Waals surface area contributed by atoms with Crippen LogP contribution in [-0.4, -0.2) is 15.3 Å². The third-order valence-electron chi connectivity index (χ3n) is 3.72. The van der Waals surface area contributed by atoms with Gasteiger partial charge >= 0.3 is 5.63 Å². The highest BCUT2D eigenvalue weighted by atomic mass is 16.4. The van der Waals surface area contributed by atoms with Crippen LogP contribution in [0.3, 0.4) is 0 Å². The van der Waals surface area contributed by atoms with Crippen molar-refractivity contribution >= 4 is 10.8 Å². The van der Waals surface area contributed by atoms with Crippen molar-refractivity contribution in [3.8, 4) is 28.6 Å². The molecule has 0 fully saturated rings. The quantitative estimate of drug-likeness (QED) is 0.688. The third kappa shape index (κ3) is 2.61. The zero-order chi connectivity index (χ0) is 16.6. The average Bonchev–Trinajstić information content (AvgIpc) is 2.46. The molecule has 0 saturated heterocycles. The SMILES string of the molecule is CCCc1cc(O)c2c(O)cccc2c1-c1cc(O)cc(=O)o1. The average molecular weight is 312 g/mol. The molecule has 0 radical (unpaired) electrons. The van der Waals surface area contributed by atoms with Gasteiger partial charge in [-0.2, -0.15) is 0 Å². The van der Waals surface area contributed by atoms with E-state index in [1.54, 1.807) is 18.2 Å². The highest BCUT2D eigenvalue weighted by Gasteiger charge is 2.18. The first-order chi connectivity index (χ1) is 11.0. The maximum atomic E-state index is 11.6. The number of phenols is 2. The van der Waals surface area contributed by atoms with E-state index in [1.165, 1.54) is 12.1 Å². The molecule has 0 aliphatic heterocycles. The van der Waals surface area contributed by atoms with E-state index >= 15 is 0 Å². The predicted octanol–water partition coefficient (Wildman–Crippen LogP) is 3.53. The summed E-state index contributed by atoms with van der Waals surface area (Å²) in [7, 11) is 0. The van der Waals surface area contributed by atoms with Crippen LogP contribution in [0.2, 0.25) is 0 Å². The standard InChI is InChI=1S/C18H16O5/c1-2-4-10-7-14(21)18-12(5-3-6-13(18)20)17(10)15-8-11(19)9-16(22)23-15/h3,5-9,19-21H,2,4H2,1H3. The van der Waals surface area contributed by atoms with Crippen LogP contribution in [0.15, 0.2) is 45.6 Å². The highest BCUT2D eigenvalue weighted by Crippen LogP contribution is 2.41. The van der Waals surface area contributed by atoms with Crippen molar-refractivity contribution in [2.24, 2.45) is 0 Å². The van der Waals surface area contributed by atoms with Gasteiger partial charge in [0.05, 0.1) is 11.5 Å². The number of aromatic hydroxyl groups is 3. The Balaban J connectivity index is 2.45. The van der Waals surface area contributed by atoms with Crippen molar-refractivity contribution in [2.75, 3.05) is 0 Å². The Morgan fingerprint density at radius 2 is 1.83 bits per heavy atom. The molecule has 0 saturated carbocycles. The highest BCUT2D eigenvalue weighted by molar-refractivity contribution is 6.03. The monoisotopic (exact) mass is 312 g/mol. The molecular formula is C18H16O5. The van der Waals surface area contributed by atoms with E-state index < -0.39 is 5.63 Å². The van der Waals surface area contributed by atoms with Crippen molar-refractivity contribution in [3.63, 3.8) is 0 Å². The minimum Gasteiger partial charge on any atom is -0.508 e. The molecular weight excluding hydrogens is 296 g/mol. The summed E-state index contributed by atoms with van der Waals surface area (Å²) in [6, 6.07) is 8.76. The van der Waals surface area contributed by atoms with Crippen LogP contribution in [0.25, 0.3) is 22.1 Å². The fourth-order valence-electron chi connectivity index (χ4n) is 2.84. The van der Waals surface area contributed by atoms with Crippen molar-refractivity contribution < 1.29 is 19.7 Å². The van der Waals surface area contributed by atoms with Gasteiger partial charge in [-0.3, -0.25) is 0 Å². The Hall–Kier alpha value is -2.95. The number of aryl methyl sites for hydroxylation is 1. The Morgan fingerprint density at radius 1 is 1.04 bits per heavy atom. The van der Waals surface area contributed by atoms with E-state index in [-0.39, 0.29) is 28.4 Å². The fraction of sp³-hybridized carbons (Fsp3) is 0.167. The second-order valence-corrected chi connectivity index (χ2v) is 5.38. The number of hydrogen-bond acceptors (Lipinski definition) is 5. The molecule has 5 heteroatoms. The van der Waals surface area contributed by atoms with E-state index in [1.807, 2.05) is 6.92 Å². The molecule has 0 aliphatic rings. The first-order valence-corrected chi connectivity index (χ1v) is 7.32. The number of phenolic OH excluding ortho intramolecular Hbond substituents is 2. The van der Waals surface area contributed by atoms with E-state index in [0.717, 1.165) is 18.1 Å². The minimum atomic E-state index is -0.663. The summed E-state index contributed by atoms with van der Waals surface area (Å²) in [5.74, 6) is -0.0891. The summed E-state index contributed by atoms with van der Waals surface area (Å²) in [6.45, 7) is 1.99. The lowest BCUT2D eigenvalue weighted by molar-refractivity contribution is 0.452. The van der Waals surface area contributed by atoms with Gasteiger partial charge < -0.3 is 19.7 Å². The molecule has 0 spiro atoms. The summed E-state index contributed by atoms with van der Waals surface area (Å²) in [5.41, 5.74) is 0.698. The summed E-state index contributed by atoms with van der Waals surface area (Å²) < 4.78 is 5.24. The third-order valence-corrected chi connectivity index (χ3v) is 3.72. The van der Waals surface area contributed by atoms with Crippen LogP contribution >= 0.6 is 0 Å². The van der Waals surface area contributed by atoms with Crippen molar-refractivity contribution in [1.82, 2.24) is 0 Å². The number of fused-ring (bicyclic) bond motifs is 1. The van der Waals surface area contributed by atoms with Crippen LogP contribution in [0.4, 0.5) is 0 Å². The first kappa shape index (κ1) is 15.0. The molecule has 2 aromatic carbocycles. The van der Waals surface area contributed by atoms with Gasteiger partial charge in [0.15, 0.2) is 0 Å². The van der Waals surface area contributed by atoms with Crippen LogP contribution in [0.1, 0.15) is 18.9 Å². The minimum absolute atomic E-state index is 0.0344. The van der Waals surface area contributed by atoms with E-state index in [2.05, 4.69) is 0 Å². The normalized spacial score (nSPS) is 11.0. The van der Waals surface area contributed by atoms with Gasteiger partial charge in [-0.1, -0.05) is 25.5 Å². The molecule has 0 aliphatic carbocycles. The zero-order valence-corrected chi connectivity index (χ0v) is 12.5. The molecule has 3 N–H and O–H groups in total. The lowest BCUT2D eigenvalue weighted by Gasteiger charge is -2.14. The summed E-state index contributed by atoms with van der Waals surface area (Å²) >= 11 is 0. The topological polar surface area (TPSA) is 90.9 Å². The Kier molecular flexibility index (Phi) is 3.70. The van der Waals surface area contributed by atoms with Gasteiger partial charge in [0.25, 0.3) is 0 Å². The van der Waals surface area contributed by atoms with E-state index in [0.29, 0.717) is 17.4 Å². The number of benzene rings is 2. The summed E-state index contributed by atoms with van der Waals surface area (Å²) in [4.78, 5) is 11.6. The molecule has 5 nitrogen and oxygen atoms in total. The van der Waals surface area contributed by atoms with Crippen LogP contribution in [0.5, 0.6) is 17.2 Å². The zero-order valence-electron chi connectivity index (χ0n) is 12.5. The van der Waals surface area contributed by atoms with Crippen LogP contribution in [-0.2, 0) is 6.42 Å². The van der Waals surface area contributed by atoms with Crippen LogP contribution < -0.4 is 5.63 Å². The predicted molar refractivity (Wildman–Crippen MR) is 86.9 cm³/mol. The molecule has 118 valence electrons. The Labute approximate surface area is 132 Å². The molecule has 3 rings (SSSR count). The molecule has 0 bridgehead atoms. The lowest BCUT2D eigenvalue weighted by Crippen LogP contribution is -1.99. The lowest BCUT2D eigenvalue weighted by atomic mass is 9.93. The molecule has 3 aromatic rings. The van der Waals surface area contributed by atoms with Gasteiger partial charge in [-0.05, 0) is 24.1 Å². The van der Waals surface area contributed by atoms with Crippen LogP contribution in [0, 0.1) is 0 Å². The van der Waals surface area contributed by atoms with Gasteiger partial charge in [0.2, 0.25) is 0 Å². The molecule has 0 atom stereocenters. The van der Waals surface area contributed by atoms with Gasteiger partial charge in [-0.15, -0.1) is 0 Å². The summed E-state index contributed by atoms with van der Waals surface area (Å²) in [6.07, 6.45) is 1.47. The molecule has 1 aromatic heterocycles. The largest absolute Gasteiger partial charge is 0.508 e. The maximum absolute atomic E-state index is 11.6. The second-order valence-electron chi connectivity index (χ2n) is 5.38. The molecule has 0 amide bonds. The number of rotatable bonds is 3. The van der Waals surface area contributed by atoms with Gasteiger partial charge in [-0.25, -0.2) is 4.79 Å². The maximum Gasteiger partial charge on any atom is 0.339 e. The second kappa shape index (κ2) is 5.68. The first-order valence-electron chi connectivity index (χ1n) is 7.32. The fourth-order valence-corrected chi connectivity index (χ4v) is 2.84. The van der Waals surface area contributed by atoms with Crippen molar-refractivity contribution in [1.29, 1.82) is 0 Å². The molecule has 0 unspecified atom stereocenters. The molecule has 23 heavy (non-hydrogen) atoms. The van der Waals surface area contributed by atoms with Gasteiger partial charge in [0, 0.05) is 17.0 Å². The Morgan fingerprint density at radius 3 is 2.52 bits per heavy atom. The summed E-state index contributed by atoms with van der Waals surface area (Å²) in [5, 5.41) is 30.8. The van der Waals surface area contributed by atoms with Crippen molar-refractivity contribution in [3.05, 3.63) is 52.4 Å². The van der Waals surface area contributed by atoms with E-state index in [4.69, 9.17) is 4.42 Å². The van der Waals surface area contributed by atoms with Gasteiger partial charge in [0.1, 0.15) is 23.0 Å². The Bertz CT molecular complexity index is 940. The molecule has 1 heterocycles. The number of hydrogen-bond donors (Lipinski definition) is 3. The van der Waals surface area contributed by atoms with E-state index in [9.17, 15) is 20.1 Å².